The maximum absolute atomic E-state index is 14.2. The lowest BCUT2D eigenvalue weighted by Gasteiger charge is -2.37. The Balaban J connectivity index is 0.626. The van der Waals surface area contributed by atoms with Crippen LogP contribution in [0.1, 0.15) is 183 Å². The van der Waals surface area contributed by atoms with Gasteiger partial charge in [-0.15, -0.1) is 11.3 Å². The minimum absolute atomic E-state index is 0.0450. The molecular formula is C65H85N11O6S. The maximum Gasteiger partial charge on any atom is 0.251 e. The number of amides is 3. The van der Waals surface area contributed by atoms with E-state index in [4.69, 9.17) is 14.5 Å². The average Bonchev–Trinajstić information content (AvgIpc) is 4.56. The summed E-state index contributed by atoms with van der Waals surface area (Å²) in [6.07, 6.45) is 23.8. The highest BCUT2D eigenvalue weighted by molar-refractivity contribution is 7.14. The highest BCUT2D eigenvalue weighted by Crippen LogP contribution is 2.38. The van der Waals surface area contributed by atoms with Crippen molar-refractivity contribution in [1.29, 1.82) is 0 Å². The second-order valence-corrected chi connectivity index (χ2v) is 23.8. The highest BCUT2D eigenvalue weighted by Gasteiger charge is 2.41. The van der Waals surface area contributed by atoms with Crippen molar-refractivity contribution in [3.8, 4) is 17.1 Å². The van der Waals surface area contributed by atoms with Gasteiger partial charge in [0.1, 0.15) is 23.4 Å². The predicted octanol–water partition coefficient (Wildman–Crippen LogP) is 10.8. The number of ether oxygens (including phenoxy) is 2. The molecule has 9 rings (SSSR count). The minimum atomic E-state index is -0.570. The molecule has 0 unspecified atom stereocenters. The van der Waals surface area contributed by atoms with E-state index in [1.165, 1.54) is 49.0 Å². The Labute approximate surface area is 493 Å². The number of aryl methyl sites for hydroxylation is 1. The fraction of sp³-hybridized carbons (Fsp3) is 0.508. The van der Waals surface area contributed by atoms with E-state index in [9.17, 15) is 19.2 Å². The predicted molar refractivity (Wildman–Crippen MR) is 325 cm³/mol. The van der Waals surface area contributed by atoms with Gasteiger partial charge in [0.15, 0.2) is 11.6 Å². The number of likely N-dealkylation sites (N-methyl/N-ethyl adjacent to an activating group) is 1. The molecule has 4 atom stereocenters. The van der Waals surface area contributed by atoms with Crippen LogP contribution in [0.5, 0.6) is 5.75 Å². The number of hydrogen-bond donors (Lipinski definition) is 6. The standard InChI is InChI=1S/C65H85N11O6S/c1-45(70-61(79)52-25-16-26-53(42-52)73-65(31-35-68-36-32-65)64-72-59(74-75-64)49-29-33-67-34-30-49)50-23-15-20-47(41-50)19-11-8-6-4-5-7-9-14-38-81-39-40-82-54-27-17-24-51(43-54)58(77)56-44-69-62(83-56)55-28-18-37-76(55)63(80)57(48-21-12-10-13-22-48)71-60(78)46(2)66-3/h15-17,20,23-27,29-30,33-34,41-46,48,55,57,66,68,73H,4-14,18-19,21-22,28,31-32,35-40H2,1-3H3,(H,70,79)(H,71,78)(H,72,74,75)/t45-,46+,55+,57+/m1/s1. The number of carbonyl (C=O) groups is 4. The van der Waals surface area contributed by atoms with Gasteiger partial charge in [-0.25, -0.2) is 9.97 Å². The summed E-state index contributed by atoms with van der Waals surface area (Å²) in [7, 11) is 1.75. The number of aromatic amines is 1. The van der Waals surface area contributed by atoms with Crippen LogP contribution in [0.25, 0.3) is 11.4 Å². The Morgan fingerprint density at radius 3 is 2.33 bits per heavy atom. The van der Waals surface area contributed by atoms with E-state index in [0.29, 0.717) is 53.9 Å². The third-order valence-corrected chi connectivity index (χ3v) is 17.9. The van der Waals surface area contributed by atoms with Crippen molar-refractivity contribution in [3.63, 3.8) is 0 Å². The SMILES string of the molecule is CN[C@@H](C)C(=O)N[C@H](C(=O)N1CCC[C@H]1c1ncc(C(=O)c2cccc(OCCOCCCCCCCCCCc3cccc([C@@H](C)NC(=O)c4cccc(NC5(c6nc(-c7ccncc7)n[nH]6)CCNCC5)c4)c3)c2)s1)C1CCCCC1. The number of likely N-dealkylation sites (tertiary alicyclic amines) is 1. The molecule has 2 aliphatic heterocycles. The fourth-order valence-corrected chi connectivity index (χ4v) is 12.9. The molecule has 83 heavy (non-hydrogen) atoms. The average molecular weight is 1150 g/mol. The topological polar surface area (TPSA) is 217 Å². The van der Waals surface area contributed by atoms with E-state index in [-0.39, 0.29) is 41.5 Å². The van der Waals surface area contributed by atoms with Crippen LogP contribution in [0.2, 0.25) is 0 Å². The molecule has 3 aromatic heterocycles. The number of nitrogens with zero attached hydrogens (tertiary/aromatic N) is 5. The van der Waals surface area contributed by atoms with Crippen LogP contribution in [-0.4, -0.2) is 112 Å². The van der Waals surface area contributed by atoms with Gasteiger partial charge in [-0.05, 0) is 151 Å². The molecule has 18 heteroatoms. The monoisotopic (exact) mass is 1150 g/mol. The number of piperidine rings is 1. The lowest BCUT2D eigenvalue weighted by Crippen LogP contribution is -2.55. The molecule has 2 saturated heterocycles. The van der Waals surface area contributed by atoms with Gasteiger partial charge in [0, 0.05) is 54.1 Å². The Kier molecular flexibility index (Phi) is 22.4. The molecule has 3 aromatic carbocycles. The summed E-state index contributed by atoms with van der Waals surface area (Å²) in [6, 6.07) is 26.0. The Hall–Kier alpha value is -6.86. The highest BCUT2D eigenvalue weighted by atomic mass is 32.1. The van der Waals surface area contributed by atoms with Crippen molar-refractivity contribution in [3.05, 3.63) is 141 Å². The van der Waals surface area contributed by atoms with Crippen molar-refractivity contribution in [2.45, 2.75) is 159 Å². The van der Waals surface area contributed by atoms with Gasteiger partial charge in [0.25, 0.3) is 5.91 Å². The molecule has 3 fully saturated rings. The van der Waals surface area contributed by atoms with Crippen molar-refractivity contribution in [1.82, 2.24) is 51.3 Å². The number of thiazole rings is 1. The molecule has 3 amide bonds. The van der Waals surface area contributed by atoms with Crippen LogP contribution in [0.4, 0.5) is 5.69 Å². The van der Waals surface area contributed by atoms with Crippen LogP contribution in [-0.2, 0) is 26.3 Å². The zero-order chi connectivity index (χ0) is 57.8. The van der Waals surface area contributed by atoms with Crippen molar-refractivity contribution in [2.24, 2.45) is 5.92 Å². The van der Waals surface area contributed by atoms with Gasteiger partial charge >= 0.3 is 0 Å². The number of benzene rings is 3. The van der Waals surface area contributed by atoms with E-state index in [2.05, 4.69) is 71.0 Å². The number of carbonyl (C=O) groups excluding carboxylic acids is 4. The first-order valence-electron chi connectivity index (χ1n) is 30.5. The molecule has 442 valence electrons. The molecule has 0 bridgehead atoms. The summed E-state index contributed by atoms with van der Waals surface area (Å²) in [5.74, 6) is 1.67. The molecule has 0 radical (unpaired) electrons. The summed E-state index contributed by atoms with van der Waals surface area (Å²) in [5, 5.41) is 25.0. The number of rotatable bonds is 30. The Morgan fingerprint density at radius 1 is 0.783 bits per heavy atom. The third kappa shape index (κ3) is 16.7. The molecule has 17 nitrogen and oxygen atoms in total. The first kappa shape index (κ1) is 60.7. The van der Waals surface area contributed by atoms with Crippen LogP contribution in [0, 0.1) is 5.92 Å². The lowest BCUT2D eigenvalue weighted by molar-refractivity contribution is -0.139. The van der Waals surface area contributed by atoms with Gasteiger partial charge in [0.2, 0.25) is 17.6 Å². The van der Waals surface area contributed by atoms with E-state index in [0.717, 1.165) is 124 Å². The normalized spacial score (nSPS) is 17.3. The second-order valence-electron chi connectivity index (χ2n) is 22.8. The van der Waals surface area contributed by atoms with Crippen LogP contribution >= 0.6 is 11.3 Å². The maximum atomic E-state index is 14.2. The summed E-state index contributed by atoms with van der Waals surface area (Å²) in [4.78, 5) is 70.8. The largest absolute Gasteiger partial charge is 0.491 e. The molecule has 1 aliphatic carbocycles. The molecular weight excluding hydrogens is 1060 g/mol. The number of unbranched alkanes of at least 4 members (excludes halogenated alkanes) is 7. The molecule has 0 spiro atoms. The smallest absolute Gasteiger partial charge is 0.251 e. The van der Waals surface area contributed by atoms with Crippen LogP contribution in [0.3, 0.4) is 0 Å². The number of aromatic nitrogens is 5. The lowest BCUT2D eigenvalue weighted by atomic mass is 9.83. The fourth-order valence-electron chi connectivity index (χ4n) is 11.8. The van der Waals surface area contributed by atoms with Crippen molar-refractivity contribution >= 4 is 40.5 Å². The first-order valence-corrected chi connectivity index (χ1v) is 31.3. The van der Waals surface area contributed by atoms with Crippen molar-refractivity contribution < 1.29 is 28.7 Å². The molecule has 6 N–H and O–H groups in total. The molecule has 5 heterocycles. The number of nitrogens with one attached hydrogen (secondary N) is 6. The van der Waals surface area contributed by atoms with Crippen LogP contribution in [0.15, 0.2) is 104 Å². The quantitative estimate of drug-likeness (QED) is 0.0183. The number of H-pyrrole nitrogens is 1. The van der Waals surface area contributed by atoms with Gasteiger partial charge in [0.05, 0.1) is 35.1 Å². The third-order valence-electron chi connectivity index (χ3n) is 16.8. The van der Waals surface area contributed by atoms with E-state index >= 15 is 0 Å². The molecule has 1 saturated carbocycles. The van der Waals surface area contributed by atoms with Gasteiger partial charge in [-0.3, -0.25) is 29.3 Å². The van der Waals surface area contributed by atoms with Gasteiger partial charge in [-0.1, -0.05) is 100 Å². The Morgan fingerprint density at radius 2 is 1.53 bits per heavy atom. The van der Waals surface area contributed by atoms with E-state index in [1.54, 1.807) is 44.7 Å². The zero-order valence-electron chi connectivity index (χ0n) is 48.8. The summed E-state index contributed by atoms with van der Waals surface area (Å²) >= 11 is 1.34. The number of anilines is 1. The van der Waals surface area contributed by atoms with E-state index < -0.39 is 17.6 Å². The van der Waals surface area contributed by atoms with Gasteiger partial charge in [-0.2, -0.15) is 5.10 Å². The first-order chi connectivity index (χ1) is 40.6. The van der Waals surface area contributed by atoms with Gasteiger partial charge < -0.3 is 41.0 Å². The number of ketones is 1. The van der Waals surface area contributed by atoms with E-state index in [1.807, 2.05) is 60.4 Å². The zero-order valence-corrected chi connectivity index (χ0v) is 49.6. The second kappa shape index (κ2) is 30.6. The summed E-state index contributed by atoms with van der Waals surface area (Å²) in [5.41, 5.74) is 4.80. The minimum Gasteiger partial charge on any atom is -0.491 e. The summed E-state index contributed by atoms with van der Waals surface area (Å²) in [6.45, 7) is 7.66. The number of hydrogen-bond acceptors (Lipinski definition) is 14. The van der Waals surface area contributed by atoms with Crippen LogP contribution < -0.4 is 31.3 Å². The summed E-state index contributed by atoms with van der Waals surface area (Å²) < 4.78 is 11.9. The van der Waals surface area contributed by atoms with Crippen molar-refractivity contribution in [2.75, 3.05) is 51.8 Å². The molecule has 3 aliphatic rings. The number of pyridine rings is 1. The Bertz CT molecular complexity index is 3030. The molecule has 6 aromatic rings.